The molecule has 0 saturated heterocycles. The first-order valence-corrected chi connectivity index (χ1v) is 12.7. The summed E-state index contributed by atoms with van der Waals surface area (Å²) in [6.07, 6.45) is 5.65. The zero-order valence-corrected chi connectivity index (χ0v) is 21.0. The molecule has 0 atom stereocenters. The maximum Gasteiger partial charge on any atom is 0.281 e. The van der Waals surface area contributed by atoms with Gasteiger partial charge in [-0.1, -0.05) is 62.6 Å². The van der Waals surface area contributed by atoms with Gasteiger partial charge in [-0.2, -0.15) is 0 Å². The van der Waals surface area contributed by atoms with Crippen molar-refractivity contribution in [2.45, 2.75) is 57.4 Å². The quantitative estimate of drug-likeness (QED) is 0.251. The van der Waals surface area contributed by atoms with Gasteiger partial charge in [0.1, 0.15) is 11.5 Å². The van der Waals surface area contributed by atoms with Crippen molar-refractivity contribution in [2.75, 3.05) is 13.7 Å². The molecule has 3 aromatic rings. The molecule has 0 unspecified atom stereocenters. The lowest BCUT2D eigenvalue weighted by atomic mass is 10.0. The van der Waals surface area contributed by atoms with Crippen LogP contribution in [0.3, 0.4) is 0 Å². The van der Waals surface area contributed by atoms with E-state index in [4.69, 9.17) is 9.47 Å². The SMILES string of the molecule is CCCCCCOc1ccccc1C(O)(O)N(C(=O)c1ccc(-c2ccc(OC)cc2)cc1)C1CC1. The topological polar surface area (TPSA) is 79.2 Å². The standard InChI is InChI=1S/C30H35NO5/c1-3-4-5-8-21-36-28-10-7-6-9-27(28)30(33,34)31(25-17-18-25)29(32)24-13-11-22(12-14-24)23-15-19-26(35-2)20-16-23/h6-7,9-16,19-20,25,33-34H,3-5,8,17-18,21H2,1-2H3. The molecule has 6 heteroatoms. The number of carbonyl (C=O) groups excluding carboxylic acids is 1. The van der Waals surface area contributed by atoms with Crippen LogP contribution in [0.5, 0.6) is 11.5 Å². The third kappa shape index (κ3) is 5.89. The van der Waals surface area contributed by atoms with Gasteiger partial charge in [-0.15, -0.1) is 0 Å². The van der Waals surface area contributed by atoms with E-state index < -0.39 is 11.8 Å². The van der Waals surface area contributed by atoms with Crippen LogP contribution in [0.1, 0.15) is 61.4 Å². The fraction of sp³-hybridized carbons (Fsp3) is 0.367. The van der Waals surface area contributed by atoms with Gasteiger partial charge in [0.05, 0.1) is 19.3 Å². The number of unbranched alkanes of at least 4 members (excludes halogenated alkanes) is 3. The Morgan fingerprint density at radius 2 is 1.56 bits per heavy atom. The minimum absolute atomic E-state index is 0.176. The van der Waals surface area contributed by atoms with Crippen LogP contribution in [0.2, 0.25) is 0 Å². The molecule has 0 aromatic heterocycles. The number of ether oxygens (including phenoxy) is 2. The van der Waals surface area contributed by atoms with Gasteiger partial charge >= 0.3 is 0 Å². The molecule has 4 rings (SSSR count). The molecule has 0 radical (unpaired) electrons. The summed E-state index contributed by atoms with van der Waals surface area (Å²) in [6, 6.07) is 21.5. The second-order valence-corrected chi connectivity index (χ2v) is 9.25. The lowest BCUT2D eigenvalue weighted by Crippen LogP contribution is -2.51. The summed E-state index contributed by atoms with van der Waals surface area (Å²) in [5, 5.41) is 22.7. The van der Waals surface area contributed by atoms with Gasteiger partial charge in [0, 0.05) is 11.6 Å². The van der Waals surface area contributed by atoms with Gasteiger partial charge in [-0.05, 0) is 66.8 Å². The highest BCUT2D eigenvalue weighted by Gasteiger charge is 2.48. The predicted octanol–water partition coefficient (Wildman–Crippen LogP) is 5.72. The van der Waals surface area contributed by atoms with E-state index in [1.807, 2.05) is 36.4 Å². The van der Waals surface area contributed by atoms with E-state index in [0.29, 0.717) is 17.9 Å². The highest BCUT2D eigenvalue weighted by atomic mass is 16.5. The third-order valence-electron chi connectivity index (χ3n) is 6.53. The molecule has 1 amide bonds. The van der Waals surface area contributed by atoms with E-state index in [2.05, 4.69) is 6.92 Å². The van der Waals surface area contributed by atoms with Crippen molar-refractivity contribution in [1.82, 2.24) is 4.90 Å². The van der Waals surface area contributed by atoms with Crippen LogP contribution in [0.15, 0.2) is 72.8 Å². The number of nitrogens with zero attached hydrogens (tertiary/aromatic N) is 1. The summed E-state index contributed by atoms with van der Waals surface area (Å²) in [5.74, 6) is -1.76. The first kappa shape index (κ1) is 25.7. The first-order valence-electron chi connectivity index (χ1n) is 12.7. The smallest absolute Gasteiger partial charge is 0.281 e. The Bertz CT molecular complexity index is 1140. The van der Waals surface area contributed by atoms with Crippen LogP contribution in [-0.4, -0.2) is 40.8 Å². The third-order valence-corrected chi connectivity index (χ3v) is 6.53. The number of para-hydroxylation sites is 1. The van der Waals surface area contributed by atoms with Gasteiger partial charge in [0.15, 0.2) is 0 Å². The van der Waals surface area contributed by atoms with E-state index in [1.165, 1.54) is 4.90 Å². The number of benzene rings is 3. The van der Waals surface area contributed by atoms with Crippen LogP contribution >= 0.6 is 0 Å². The number of amides is 1. The lowest BCUT2D eigenvalue weighted by molar-refractivity contribution is -0.259. The Balaban J connectivity index is 1.54. The molecular formula is C30H35NO5. The maximum absolute atomic E-state index is 13.6. The average molecular weight is 490 g/mol. The molecule has 0 heterocycles. The normalized spacial score (nSPS) is 13.3. The largest absolute Gasteiger partial charge is 0.497 e. The van der Waals surface area contributed by atoms with Crippen LogP contribution in [0, 0.1) is 0 Å². The summed E-state index contributed by atoms with van der Waals surface area (Å²) in [5.41, 5.74) is 2.52. The van der Waals surface area contributed by atoms with Crippen molar-refractivity contribution in [3.8, 4) is 22.6 Å². The van der Waals surface area contributed by atoms with Gasteiger partial charge in [0.2, 0.25) is 0 Å². The summed E-state index contributed by atoms with van der Waals surface area (Å²) in [4.78, 5) is 14.8. The van der Waals surface area contributed by atoms with Crippen molar-refractivity contribution >= 4 is 5.91 Å². The minimum Gasteiger partial charge on any atom is -0.497 e. The van der Waals surface area contributed by atoms with E-state index in [-0.39, 0.29) is 11.6 Å². The molecule has 190 valence electrons. The Labute approximate surface area is 213 Å². The highest BCUT2D eigenvalue weighted by molar-refractivity contribution is 5.95. The molecule has 3 aromatic carbocycles. The van der Waals surface area contributed by atoms with Crippen molar-refractivity contribution in [1.29, 1.82) is 0 Å². The first-order chi connectivity index (χ1) is 17.5. The van der Waals surface area contributed by atoms with Gasteiger partial charge in [-0.3, -0.25) is 9.69 Å². The number of hydrogen-bond acceptors (Lipinski definition) is 5. The molecule has 36 heavy (non-hydrogen) atoms. The van der Waals surface area contributed by atoms with Gasteiger partial charge in [-0.25, -0.2) is 0 Å². The molecule has 1 aliphatic carbocycles. The zero-order chi connectivity index (χ0) is 25.5. The minimum atomic E-state index is -2.49. The number of hydrogen-bond donors (Lipinski definition) is 2. The average Bonchev–Trinajstić information content (AvgIpc) is 3.74. The molecule has 1 fully saturated rings. The summed E-state index contributed by atoms with van der Waals surface area (Å²) in [7, 11) is 1.63. The molecule has 6 nitrogen and oxygen atoms in total. The number of aliphatic hydroxyl groups is 2. The van der Waals surface area contributed by atoms with E-state index in [0.717, 1.165) is 55.4 Å². The van der Waals surface area contributed by atoms with Crippen molar-refractivity contribution < 1.29 is 24.5 Å². The summed E-state index contributed by atoms with van der Waals surface area (Å²) >= 11 is 0. The number of carbonyl (C=O) groups is 1. The van der Waals surface area contributed by atoms with E-state index >= 15 is 0 Å². The maximum atomic E-state index is 13.6. The van der Waals surface area contributed by atoms with E-state index in [9.17, 15) is 15.0 Å². The molecule has 1 saturated carbocycles. The Morgan fingerprint density at radius 3 is 2.17 bits per heavy atom. The molecule has 0 aliphatic heterocycles. The predicted molar refractivity (Wildman–Crippen MR) is 140 cm³/mol. The van der Waals surface area contributed by atoms with Crippen LogP contribution in [0.25, 0.3) is 11.1 Å². The number of methoxy groups -OCH3 is 1. The summed E-state index contributed by atoms with van der Waals surface area (Å²) in [6.45, 7) is 2.63. The van der Waals surface area contributed by atoms with Crippen LogP contribution < -0.4 is 9.47 Å². The lowest BCUT2D eigenvalue weighted by Gasteiger charge is -2.36. The highest BCUT2D eigenvalue weighted by Crippen LogP contribution is 2.40. The molecule has 0 spiro atoms. The van der Waals surface area contributed by atoms with Crippen molar-refractivity contribution in [2.24, 2.45) is 0 Å². The second-order valence-electron chi connectivity index (χ2n) is 9.25. The molecule has 1 aliphatic rings. The Kier molecular flexibility index (Phi) is 8.28. The van der Waals surface area contributed by atoms with Crippen LogP contribution in [0.4, 0.5) is 0 Å². The van der Waals surface area contributed by atoms with Gasteiger partial charge < -0.3 is 19.7 Å². The van der Waals surface area contributed by atoms with Gasteiger partial charge in [0.25, 0.3) is 11.8 Å². The van der Waals surface area contributed by atoms with E-state index in [1.54, 1.807) is 43.5 Å². The fourth-order valence-electron chi connectivity index (χ4n) is 4.33. The Morgan fingerprint density at radius 1 is 0.917 bits per heavy atom. The Hall–Kier alpha value is -3.35. The molecule has 2 N–H and O–H groups in total. The fourth-order valence-corrected chi connectivity index (χ4v) is 4.33. The van der Waals surface area contributed by atoms with Crippen molar-refractivity contribution in [3.05, 3.63) is 83.9 Å². The second kappa shape index (κ2) is 11.6. The monoisotopic (exact) mass is 489 g/mol. The molecule has 0 bridgehead atoms. The van der Waals surface area contributed by atoms with Crippen LogP contribution in [-0.2, 0) is 5.91 Å². The number of rotatable bonds is 12. The molecular weight excluding hydrogens is 454 g/mol. The van der Waals surface area contributed by atoms with Crippen molar-refractivity contribution in [3.63, 3.8) is 0 Å². The zero-order valence-electron chi connectivity index (χ0n) is 21.0. The summed E-state index contributed by atoms with van der Waals surface area (Å²) < 4.78 is 11.1.